The van der Waals surface area contributed by atoms with Crippen LogP contribution in [0.4, 0.5) is 0 Å². The van der Waals surface area contributed by atoms with Crippen LogP contribution in [0.5, 0.6) is 11.5 Å². The molecular formula is C24H27BrClN3O4S. The van der Waals surface area contributed by atoms with Crippen LogP contribution in [0.25, 0.3) is 0 Å². The number of halogens is 2. The lowest BCUT2D eigenvalue weighted by Gasteiger charge is -2.36. The maximum absolute atomic E-state index is 12.9. The Bertz CT molecular complexity index is 1060. The van der Waals surface area contributed by atoms with E-state index in [1.165, 1.54) is 13.5 Å². The molecule has 0 radical (unpaired) electrons. The number of primary amides is 1. The lowest BCUT2D eigenvalue weighted by molar-refractivity contribution is -0.119. The molecule has 2 aromatic carbocycles. The molecule has 1 aliphatic rings. The largest absolute Gasteiger partial charge is 0.493 e. The summed E-state index contributed by atoms with van der Waals surface area (Å²) in [6.07, 6.45) is 5.39. The second-order valence-electron chi connectivity index (χ2n) is 8.04. The summed E-state index contributed by atoms with van der Waals surface area (Å²) in [4.78, 5) is 26.0. The third-order valence-electron chi connectivity index (χ3n) is 5.62. The van der Waals surface area contributed by atoms with E-state index in [0.717, 1.165) is 35.7 Å². The highest BCUT2D eigenvalue weighted by Gasteiger charge is 2.25. The Morgan fingerprint density at radius 3 is 2.59 bits per heavy atom. The molecule has 2 aromatic rings. The molecular weight excluding hydrogens is 542 g/mol. The summed E-state index contributed by atoms with van der Waals surface area (Å²) < 4.78 is 11.6. The van der Waals surface area contributed by atoms with Gasteiger partial charge in [0.05, 0.1) is 17.7 Å². The molecule has 34 heavy (non-hydrogen) atoms. The highest BCUT2D eigenvalue weighted by atomic mass is 79.9. The monoisotopic (exact) mass is 567 g/mol. The predicted octanol–water partition coefficient (Wildman–Crippen LogP) is 4.82. The summed E-state index contributed by atoms with van der Waals surface area (Å²) in [5.41, 5.74) is 6.44. The number of nitrogens with zero attached hydrogens (tertiary/aromatic N) is 1. The van der Waals surface area contributed by atoms with Crippen LogP contribution in [-0.4, -0.2) is 41.6 Å². The van der Waals surface area contributed by atoms with Crippen molar-refractivity contribution in [1.82, 2.24) is 10.2 Å². The van der Waals surface area contributed by atoms with Gasteiger partial charge >= 0.3 is 0 Å². The van der Waals surface area contributed by atoms with Crippen LogP contribution in [-0.2, 0) is 11.3 Å². The molecule has 182 valence electrons. The molecule has 2 amide bonds. The molecule has 7 nitrogen and oxygen atoms in total. The SMILES string of the molecule is COc1cc(CN(C(=S)NC(=O)c2cc(Br)ccc2Cl)C2CCCCC2)ccc1OCC(N)=O. The van der Waals surface area contributed by atoms with Crippen molar-refractivity contribution in [3.8, 4) is 11.5 Å². The average molecular weight is 569 g/mol. The second kappa shape index (κ2) is 12.4. The number of carbonyl (C=O) groups excluding carboxylic acids is 2. The van der Waals surface area contributed by atoms with Crippen molar-refractivity contribution in [3.63, 3.8) is 0 Å². The van der Waals surface area contributed by atoms with E-state index in [0.29, 0.717) is 33.7 Å². The Labute approximate surface area is 218 Å². The van der Waals surface area contributed by atoms with Crippen LogP contribution in [0.3, 0.4) is 0 Å². The quantitative estimate of drug-likeness (QED) is 0.443. The highest BCUT2D eigenvalue weighted by Crippen LogP contribution is 2.30. The van der Waals surface area contributed by atoms with Crippen molar-refractivity contribution in [2.75, 3.05) is 13.7 Å². The van der Waals surface area contributed by atoms with E-state index < -0.39 is 5.91 Å². The van der Waals surface area contributed by atoms with Crippen LogP contribution < -0.4 is 20.5 Å². The summed E-state index contributed by atoms with van der Waals surface area (Å²) >= 11 is 15.3. The van der Waals surface area contributed by atoms with E-state index in [9.17, 15) is 9.59 Å². The molecule has 0 saturated heterocycles. The Hall–Kier alpha value is -2.36. The fraction of sp³-hybridized carbons (Fsp3) is 0.375. The number of nitrogens with two attached hydrogens (primary N) is 1. The van der Waals surface area contributed by atoms with Gasteiger partial charge in [-0.15, -0.1) is 0 Å². The zero-order valence-corrected chi connectivity index (χ0v) is 22.0. The Balaban J connectivity index is 1.80. The zero-order valence-electron chi connectivity index (χ0n) is 18.8. The van der Waals surface area contributed by atoms with Crippen LogP contribution in [0.2, 0.25) is 5.02 Å². The standard InChI is InChI=1S/C24H27BrClN3O4S/c1-32-21-11-15(7-10-20(21)33-14-22(27)30)13-29(17-5-3-2-4-6-17)24(34)28-23(31)18-12-16(25)8-9-19(18)26/h7-12,17H,2-6,13-14H2,1H3,(H2,27,30)(H,28,31,34). The molecule has 0 heterocycles. The van der Waals surface area contributed by atoms with Crippen molar-refractivity contribution >= 4 is 56.7 Å². The maximum atomic E-state index is 12.9. The van der Waals surface area contributed by atoms with Gasteiger partial charge in [-0.25, -0.2) is 0 Å². The molecule has 0 aromatic heterocycles. The first kappa shape index (κ1) is 26.2. The number of ether oxygens (including phenoxy) is 2. The first-order valence-corrected chi connectivity index (χ1v) is 12.5. The number of hydrogen-bond donors (Lipinski definition) is 2. The molecule has 0 aliphatic heterocycles. The van der Waals surface area contributed by atoms with E-state index in [4.69, 9.17) is 39.0 Å². The number of methoxy groups -OCH3 is 1. The van der Waals surface area contributed by atoms with Gasteiger partial charge in [-0.2, -0.15) is 0 Å². The Morgan fingerprint density at radius 1 is 1.18 bits per heavy atom. The Morgan fingerprint density at radius 2 is 1.91 bits per heavy atom. The van der Waals surface area contributed by atoms with E-state index >= 15 is 0 Å². The fourth-order valence-corrected chi connectivity index (χ4v) is 4.81. The van der Waals surface area contributed by atoms with E-state index in [1.807, 2.05) is 12.1 Å². The van der Waals surface area contributed by atoms with Gasteiger partial charge in [0.15, 0.2) is 23.2 Å². The molecule has 1 aliphatic carbocycles. The van der Waals surface area contributed by atoms with Crippen LogP contribution in [0.15, 0.2) is 40.9 Å². The van der Waals surface area contributed by atoms with E-state index in [-0.39, 0.29) is 18.6 Å². The molecule has 3 rings (SSSR count). The van der Waals surface area contributed by atoms with Crippen LogP contribution in [0.1, 0.15) is 48.0 Å². The Kier molecular flexibility index (Phi) is 9.55. The smallest absolute Gasteiger partial charge is 0.258 e. The number of rotatable bonds is 8. The molecule has 0 unspecified atom stereocenters. The summed E-state index contributed by atoms with van der Waals surface area (Å²) in [6.45, 7) is 0.237. The summed E-state index contributed by atoms with van der Waals surface area (Å²) in [7, 11) is 1.53. The zero-order chi connectivity index (χ0) is 24.7. The molecule has 0 spiro atoms. The number of benzene rings is 2. The van der Waals surface area contributed by atoms with Gasteiger partial charge in [0, 0.05) is 17.1 Å². The van der Waals surface area contributed by atoms with Crippen LogP contribution in [0, 0.1) is 0 Å². The number of carbonyl (C=O) groups is 2. The van der Waals surface area contributed by atoms with E-state index in [1.54, 1.807) is 24.3 Å². The normalized spacial score (nSPS) is 13.7. The summed E-state index contributed by atoms with van der Waals surface area (Å²) in [6, 6.07) is 10.8. The third kappa shape index (κ3) is 7.07. The molecule has 0 bridgehead atoms. The second-order valence-corrected chi connectivity index (χ2v) is 9.75. The minimum absolute atomic E-state index is 0.205. The van der Waals surface area contributed by atoms with Crippen molar-refractivity contribution in [2.24, 2.45) is 5.73 Å². The van der Waals surface area contributed by atoms with Gasteiger partial charge in [-0.1, -0.05) is 52.9 Å². The minimum Gasteiger partial charge on any atom is -0.493 e. The highest BCUT2D eigenvalue weighted by molar-refractivity contribution is 9.10. The molecule has 3 N–H and O–H groups in total. The topological polar surface area (TPSA) is 93.9 Å². The molecule has 10 heteroatoms. The number of nitrogens with one attached hydrogen (secondary N) is 1. The van der Waals surface area contributed by atoms with Crippen LogP contribution >= 0.6 is 39.7 Å². The average Bonchev–Trinajstić information content (AvgIpc) is 2.83. The predicted molar refractivity (Wildman–Crippen MR) is 139 cm³/mol. The third-order valence-corrected chi connectivity index (χ3v) is 6.78. The number of amides is 2. The number of hydrogen-bond acceptors (Lipinski definition) is 5. The van der Waals surface area contributed by atoms with Gasteiger partial charge < -0.3 is 20.1 Å². The summed E-state index contributed by atoms with van der Waals surface area (Å²) in [5, 5.41) is 3.56. The lowest BCUT2D eigenvalue weighted by Crippen LogP contribution is -2.48. The molecule has 0 atom stereocenters. The van der Waals surface area contributed by atoms with Gasteiger partial charge in [-0.05, 0) is 61.0 Å². The first-order valence-electron chi connectivity index (χ1n) is 10.9. The first-order chi connectivity index (χ1) is 16.3. The summed E-state index contributed by atoms with van der Waals surface area (Å²) in [5.74, 6) is -0.0150. The molecule has 1 fully saturated rings. The fourth-order valence-electron chi connectivity index (χ4n) is 3.94. The van der Waals surface area contributed by atoms with Gasteiger partial charge in [0.1, 0.15) is 0 Å². The maximum Gasteiger partial charge on any atom is 0.258 e. The lowest BCUT2D eigenvalue weighted by atomic mass is 9.94. The number of thiocarbonyl (C=S) groups is 1. The van der Waals surface area contributed by atoms with Crippen molar-refractivity contribution in [3.05, 3.63) is 57.0 Å². The van der Waals surface area contributed by atoms with Gasteiger partial charge in [0.25, 0.3) is 11.8 Å². The van der Waals surface area contributed by atoms with E-state index in [2.05, 4.69) is 26.1 Å². The molecule has 1 saturated carbocycles. The van der Waals surface area contributed by atoms with Crippen molar-refractivity contribution < 1.29 is 19.1 Å². The minimum atomic E-state index is -0.568. The van der Waals surface area contributed by atoms with Gasteiger partial charge in [0.2, 0.25) is 0 Å². The van der Waals surface area contributed by atoms with Gasteiger partial charge in [-0.3, -0.25) is 14.9 Å². The van der Waals surface area contributed by atoms with Crippen molar-refractivity contribution in [1.29, 1.82) is 0 Å². The van der Waals surface area contributed by atoms with Crippen molar-refractivity contribution in [2.45, 2.75) is 44.7 Å².